The second kappa shape index (κ2) is 44.1. The first kappa shape index (κ1) is 58.5. The number of ether oxygens (including phenoxy) is 3. The van der Waals surface area contributed by atoms with Crippen molar-refractivity contribution in [1.29, 1.82) is 0 Å². The highest BCUT2D eigenvalue weighted by molar-refractivity contribution is 5.70. The van der Waals surface area contributed by atoms with Crippen LogP contribution in [0.3, 0.4) is 0 Å². The molecule has 0 saturated carbocycles. The molecule has 0 fully saturated rings. The van der Waals surface area contributed by atoms with E-state index in [-0.39, 0.29) is 49.1 Å². The van der Waals surface area contributed by atoms with Crippen LogP contribution in [-0.4, -0.2) is 75.5 Å². The fraction of sp³-hybridized carbons (Fsp3) is 0.685. The third kappa shape index (κ3) is 41.8. The Hall–Kier alpha value is -3.49. The zero-order valence-corrected chi connectivity index (χ0v) is 40.3. The van der Waals surface area contributed by atoms with E-state index in [9.17, 15) is 19.5 Å². The van der Waals surface area contributed by atoms with Crippen LogP contribution in [0.25, 0.3) is 0 Å². The number of unbranched alkanes of at least 4 members (excludes halogenated alkanes) is 15. The van der Waals surface area contributed by atoms with Gasteiger partial charge in [0.2, 0.25) is 0 Å². The molecule has 0 saturated heterocycles. The van der Waals surface area contributed by atoms with Crippen molar-refractivity contribution in [2.75, 3.05) is 41.0 Å². The van der Waals surface area contributed by atoms with Crippen LogP contribution in [0.4, 0.5) is 0 Å². The number of likely N-dealkylation sites (N-methyl/N-ethyl adjacent to an activating group) is 1. The fourth-order valence-corrected chi connectivity index (χ4v) is 6.71. The van der Waals surface area contributed by atoms with Crippen molar-refractivity contribution in [3.05, 3.63) is 85.1 Å². The average molecular weight is 866 g/mol. The molecular weight excluding hydrogens is 775 g/mol. The van der Waals surface area contributed by atoms with Crippen LogP contribution in [0, 0.1) is 0 Å². The van der Waals surface area contributed by atoms with Gasteiger partial charge in [0.1, 0.15) is 12.6 Å². The first-order valence-corrected chi connectivity index (χ1v) is 24.6. The Bertz CT molecular complexity index is 1290. The Morgan fingerprint density at radius 2 is 0.903 bits per heavy atom. The van der Waals surface area contributed by atoms with E-state index in [1.165, 1.54) is 70.6 Å². The fourth-order valence-electron chi connectivity index (χ4n) is 6.71. The summed E-state index contributed by atoms with van der Waals surface area (Å²) in [6.45, 7) is 4.48. The van der Waals surface area contributed by atoms with Gasteiger partial charge in [-0.05, 0) is 89.9 Å². The van der Waals surface area contributed by atoms with Crippen LogP contribution in [0.5, 0.6) is 0 Å². The van der Waals surface area contributed by atoms with Gasteiger partial charge in [0.15, 0.2) is 6.10 Å². The number of rotatable bonds is 43. The second-order valence-corrected chi connectivity index (χ2v) is 17.3. The molecule has 2 atom stereocenters. The molecule has 0 aliphatic heterocycles. The molecule has 0 aromatic rings. The van der Waals surface area contributed by atoms with Gasteiger partial charge in [-0.2, -0.15) is 0 Å². The zero-order valence-electron chi connectivity index (χ0n) is 40.3. The number of carboxylic acids is 1. The summed E-state index contributed by atoms with van der Waals surface area (Å²) >= 11 is 0. The third-order valence-corrected chi connectivity index (χ3v) is 10.5. The van der Waals surface area contributed by atoms with E-state index in [0.29, 0.717) is 12.8 Å². The van der Waals surface area contributed by atoms with Gasteiger partial charge in [-0.15, -0.1) is 0 Å². The number of nitrogens with zero attached hydrogens (tertiary/aromatic N) is 1. The first-order valence-electron chi connectivity index (χ1n) is 24.6. The standard InChI is InChI=1S/C54H91NO7/c1-6-8-10-12-14-16-18-20-22-24-26-28-30-32-34-36-38-40-42-44-52(56)61-49-50(48-60-47-46-51(54(58)59)55(3,4)5)62-53(57)45-43-41-39-37-35-33-31-29-27-25-23-21-19-17-15-13-11-9-7-2/h9,11,14-17,20-23,27,29,33,35,50-51H,6-8,10,12-13,18-19,24-26,28,30-32,34,36-49H2,1-5H3/b11-9-,16-14-,17-15-,22-20-,23-21-,29-27-,35-33-. The van der Waals surface area contributed by atoms with Crippen LogP contribution < -0.4 is 5.11 Å². The number of hydrogen-bond acceptors (Lipinski definition) is 7. The molecule has 0 aromatic carbocycles. The van der Waals surface area contributed by atoms with Crippen molar-refractivity contribution in [2.45, 2.75) is 199 Å². The predicted molar refractivity (Wildman–Crippen MR) is 258 cm³/mol. The zero-order chi connectivity index (χ0) is 45.6. The van der Waals surface area contributed by atoms with Gasteiger partial charge < -0.3 is 28.6 Å². The molecule has 0 aliphatic rings. The summed E-state index contributed by atoms with van der Waals surface area (Å²) in [5.74, 6) is -1.79. The van der Waals surface area contributed by atoms with Crippen molar-refractivity contribution in [3.8, 4) is 0 Å². The quantitative estimate of drug-likeness (QED) is 0.0260. The molecule has 8 heteroatoms. The van der Waals surface area contributed by atoms with E-state index in [4.69, 9.17) is 14.2 Å². The van der Waals surface area contributed by atoms with Gasteiger partial charge >= 0.3 is 11.9 Å². The lowest BCUT2D eigenvalue weighted by Gasteiger charge is -2.34. The molecule has 0 rings (SSSR count). The Morgan fingerprint density at radius 3 is 1.35 bits per heavy atom. The van der Waals surface area contributed by atoms with Crippen LogP contribution in [-0.2, 0) is 28.6 Å². The van der Waals surface area contributed by atoms with Crippen LogP contribution in [0.2, 0.25) is 0 Å². The first-order chi connectivity index (χ1) is 30.1. The molecule has 2 unspecified atom stereocenters. The molecule has 0 aromatic heterocycles. The second-order valence-electron chi connectivity index (χ2n) is 17.3. The lowest BCUT2D eigenvalue weighted by Crippen LogP contribution is -2.55. The number of quaternary nitrogens is 1. The van der Waals surface area contributed by atoms with Gasteiger partial charge in [-0.1, -0.05) is 163 Å². The summed E-state index contributed by atoms with van der Waals surface area (Å²) in [5, 5.41) is 11.7. The monoisotopic (exact) mass is 866 g/mol. The van der Waals surface area contributed by atoms with Gasteiger partial charge in [-0.3, -0.25) is 9.59 Å². The number of hydrogen-bond donors (Lipinski definition) is 0. The van der Waals surface area contributed by atoms with E-state index in [2.05, 4.69) is 98.9 Å². The molecule has 0 spiro atoms. The SMILES string of the molecule is CC/C=C\C/C=C\C/C=C\C/C=C\C/C=C\CCCCCC(=O)OC(COCCC(C(=O)[O-])[N+](C)(C)C)COC(=O)CCCCCCCCCCC/C=C\C/C=C\CCCCC. The maximum absolute atomic E-state index is 12.8. The number of carbonyl (C=O) groups is 3. The molecule has 8 nitrogen and oxygen atoms in total. The summed E-state index contributed by atoms with van der Waals surface area (Å²) in [7, 11) is 5.39. The highest BCUT2D eigenvalue weighted by Crippen LogP contribution is 2.14. The van der Waals surface area contributed by atoms with Crippen LogP contribution >= 0.6 is 0 Å². The summed E-state index contributed by atoms with van der Waals surface area (Å²) in [5.41, 5.74) is 0. The molecule has 0 radical (unpaired) electrons. The van der Waals surface area contributed by atoms with E-state index in [1.807, 2.05) is 0 Å². The smallest absolute Gasteiger partial charge is 0.306 e. The summed E-state index contributed by atoms with van der Waals surface area (Å²) in [6.07, 6.45) is 57.5. The van der Waals surface area contributed by atoms with E-state index < -0.39 is 18.1 Å². The Labute approximate surface area is 380 Å². The van der Waals surface area contributed by atoms with E-state index in [0.717, 1.165) is 77.0 Å². The lowest BCUT2D eigenvalue weighted by atomic mass is 10.1. The summed E-state index contributed by atoms with van der Waals surface area (Å²) in [6, 6.07) is -0.737. The van der Waals surface area contributed by atoms with Gasteiger partial charge in [-0.25, -0.2) is 0 Å². The Balaban J connectivity index is 4.36. The molecule has 0 amide bonds. The van der Waals surface area contributed by atoms with E-state index >= 15 is 0 Å². The number of carboxylic acid groups (broad SMARTS) is 1. The maximum atomic E-state index is 12.8. The van der Waals surface area contributed by atoms with Gasteiger partial charge in [0.25, 0.3) is 0 Å². The molecule has 0 N–H and O–H groups in total. The van der Waals surface area contributed by atoms with Crippen molar-refractivity contribution in [1.82, 2.24) is 0 Å². The average Bonchev–Trinajstić information content (AvgIpc) is 3.23. The summed E-state index contributed by atoms with van der Waals surface area (Å²) in [4.78, 5) is 37.0. The minimum Gasteiger partial charge on any atom is -0.544 e. The number of aliphatic carboxylic acids is 1. The number of carbonyl (C=O) groups excluding carboxylic acids is 3. The normalized spacial score (nSPS) is 13.6. The molecule has 62 heavy (non-hydrogen) atoms. The van der Waals surface area contributed by atoms with Crippen molar-refractivity contribution >= 4 is 17.9 Å². The van der Waals surface area contributed by atoms with Gasteiger partial charge in [0, 0.05) is 19.3 Å². The van der Waals surface area contributed by atoms with Crippen molar-refractivity contribution < 1.29 is 38.2 Å². The van der Waals surface area contributed by atoms with Crippen LogP contribution in [0.15, 0.2) is 85.1 Å². The molecule has 0 aliphatic carbocycles. The largest absolute Gasteiger partial charge is 0.544 e. The molecular formula is C54H91NO7. The Kier molecular flexibility index (Phi) is 41.6. The minimum atomic E-state index is -1.13. The van der Waals surface area contributed by atoms with Crippen LogP contribution in [0.1, 0.15) is 187 Å². The minimum absolute atomic E-state index is 0.0214. The highest BCUT2D eigenvalue weighted by Gasteiger charge is 2.25. The van der Waals surface area contributed by atoms with Gasteiger partial charge in [0.05, 0.1) is 40.3 Å². The molecule has 0 heterocycles. The predicted octanol–water partition coefficient (Wildman–Crippen LogP) is 12.7. The number of allylic oxidation sites excluding steroid dienone is 14. The topological polar surface area (TPSA) is 102 Å². The highest BCUT2D eigenvalue weighted by atomic mass is 16.6. The Morgan fingerprint density at radius 1 is 0.500 bits per heavy atom. The van der Waals surface area contributed by atoms with Crippen molar-refractivity contribution in [3.63, 3.8) is 0 Å². The maximum Gasteiger partial charge on any atom is 0.306 e. The van der Waals surface area contributed by atoms with Crippen molar-refractivity contribution in [2.24, 2.45) is 0 Å². The lowest BCUT2D eigenvalue weighted by molar-refractivity contribution is -0.889. The number of esters is 2. The molecule has 0 bridgehead atoms. The third-order valence-electron chi connectivity index (χ3n) is 10.5. The molecule has 354 valence electrons. The van der Waals surface area contributed by atoms with E-state index in [1.54, 1.807) is 21.1 Å². The summed E-state index contributed by atoms with van der Waals surface area (Å²) < 4.78 is 17.2.